The highest BCUT2D eigenvalue weighted by atomic mass is 16.5. The average molecular weight is 251 g/mol. The van der Waals surface area contributed by atoms with Gasteiger partial charge in [0.2, 0.25) is 0 Å². The second-order valence-corrected chi connectivity index (χ2v) is 4.48. The van der Waals surface area contributed by atoms with Crippen molar-refractivity contribution < 1.29 is 14.3 Å². The molecule has 0 aromatic heterocycles. The summed E-state index contributed by atoms with van der Waals surface area (Å²) in [6, 6.07) is 7.84. The van der Waals surface area contributed by atoms with E-state index in [0.29, 0.717) is 6.61 Å². The fourth-order valence-electron chi connectivity index (χ4n) is 1.77. The molecule has 0 aliphatic rings. The lowest BCUT2D eigenvalue weighted by molar-refractivity contribution is -0.149. The topological polar surface area (TPSA) is 47.6 Å². The molecule has 0 spiro atoms. The molecule has 0 fully saturated rings. The number of hydrogen-bond donors (Lipinski definition) is 1. The number of carbonyl (C=O) groups excluding carboxylic acids is 1. The van der Waals surface area contributed by atoms with Crippen LogP contribution in [0.4, 0.5) is 5.69 Å². The van der Waals surface area contributed by atoms with Gasteiger partial charge in [0.25, 0.3) is 0 Å². The van der Waals surface area contributed by atoms with E-state index >= 15 is 0 Å². The number of ether oxygens (including phenoxy) is 2. The molecular formula is C14H21NO3. The molecule has 1 N–H and O–H groups in total. The predicted octanol–water partition coefficient (Wildman–Crippen LogP) is 2.38. The average Bonchev–Trinajstić information content (AvgIpc) is 2.29. The first-order valence-corrected chi connectivity index (χ1v) is 6.03. The number of hydrogen-bond acceptors (Lipinski definition) is 4. The van der Waals surface area contributed by atoms with E-state index < -0.39 is 5.54 Å². The molecule has 0 saturated carbocycles. The predicted molar refractivity (Wildman–Crippen MR) is 71.7 cm³/mol. The highest BCUT2D eigenvalue weighted by Gasteiger charge is 2.34. The number of carbonyl (C=O) groups is 1. The highest BCUT2D eigenvalue weighted by Crippen LogP contribution is 2.18. The minimum atomic E-state index is -0.876. The van der Waals surface area contributed by atoms with E-state index in [4.69, 9.17) is 9.47 Å². The summed E-state index contributed by atoms with van der Waals surface area (Å²) in [7, 11) is 1.56. The van der Waals surface area contributed by atoms with Crippen LogP contribution < -0.4 is 5.32 Å². The molecule has 0 aliphatic carbocycles. The Hall–Kier alpha value is -1.55. The van der Waals surface area contributed by atoms with Crippen molar-refractivity contribution in [2.75, 3.05) is 25.6 Å². The molecule has 0 amide bonds. The number of methoxy groups -OCH3 is 1. The summed E-state index contributed by atoms with van der Waals surface area (Å²) in [4.78, 5) is 12.0. The fourth-order valence-corrected chi connectivity index (χ4v) is 1.77. The van der Waals surface area contributed by atoms with Gasteiger partial charge in [-0.1, -0.05) is 12.1 Å². The van der Waals surface area contributed by atoms with Gasteiger partial charge in [0.1, 0.15) is 0 Å². The molecule has 18 heavy (non-hydrogen) atoms. The summed E-state index contributed by atoms with van der Waals surface area (Å²) in [5, 5.41) is 3.18. The number of anilines is 1. The summed E-state index contributed by atoms with van der Waals surface area (Å²) < 4.78 is 10.2. The maximum atomic E-state index is 12.0. The lowest BCUT2D eigenvalue weighted by Crippen LogP contribution is -2.48. The molecule has 1 unspecified atom stereocenters. The maximum absolute atomic E-state index is 12.0. The molecular weight excluding hydrogens is 230 g/mol. The Morgan fingerprint density at radius 3 is 2.72 bits per heavy atom. The Kier molecular flexibility index (Phi) is 5.16. The third-order valence-electron chi connectivity index (χ3n) is 2.60. The number of nitrogens with one attached hydrogen (secondary N) is 1. The Morgan fingerprint density at radius 2 is 2.17 bits per heavy atom. The van der Waals surface area contributed by atoms with Crippen LogP contribution in [0.25, 0.3) is 0 Å². The van der Waals surface area contributed by atoms with Gasteiger partial charge in [0.15, 0.2) is 5.54 Å². The Bertz CT molecular complexity index is 406. The van der Waals surface area contributed by atoms with E-state index in [1.54, 1.807) is 21.0 Å². The molecule has 1 rings (SSSR count). The molecule has 0 aliphatic heterocycles. The van der Waals surface area contributed by atoms with E-state index in [1.807, 2.05) is 31.2 Å². The van der Waals surface area contributed by atoms with Gasteiger partial charge in [-0.05, 0) is 38.5 Å². The maximum Gasteiger partial charge on any atom is 0.333 e. The third-order valence-corrected chi connectivity index (χ3v) is 2.60. The van der Waals surface area contributed by atoms with Crippen molar-refractivity contribution in [3.8, 4) is 0 Å². The van der Waals surface area contributed by atoms with Crippen LogP contribution in [0.15, 0.2) is 24.3 Å². The summed E-state index contributed by atoms with van der Waals surface area (Å²) in [5.41, 5.74) is 1.13. The van der Waals surface area contributed by atoms with Crippen LogP contribution in [0.2, 0.25) is 0 Å². The van der Waals surface area contributed by atoms with Crippen LogP contribution in [0.5, 0.6) is 0 Å². The number of esters is 1. The lowest BCUT2D eigenvalue weighted by atomic mass is 10.0. The Balaban J connectivity index is 2.88. The Labute approximate surface area is 108 Å². The monoisotopic (exact) mass is 251 g/mol. The SMILES string of the molecule is CCOC(=O)C(C)(COC)Nc1cccc(C)c1. The van der Waals surface area contributed by atoms with Crippen LogP contribution in [0.1, 0.15) is 19.4 Å². The molecule has 1 atom stereocenters. The molecule has 4 nitrogen and oxygen atoms in total. The van der Waals surface area contributed by atoms with Crippen molar-refractivity contribution in [1.29, 1.82) is 0 Å². The minimum Gasteiger partial charge on any atom is -0.464 e. The zero-order valence-electron chi connectivity index (χ0n) is 11.4. The molecule has 1 aromatic carbocycles. The minimum absolute atomic E-state index is 0.250. The summed E-state index contributed by atoms with van der Waals surface area (Å²) in [6.07, 6.45) is 0. The van der Waals surface area contributed by atoms with Gasteiger partial charge >= 0.3 is 5.97 Å². The van der Waals surface area contributed by atoms with Crippen molar-refractivity contribution in [3.05, 3.63) is 29.8 Å². The molecule has 0 bridgehead atoms. The summed E-state index contributed by atoms with van der Waals surface area (Å²) in [6.45, 7) is 6.17. The van der Waals surface area contributed by atoms with Crippen LogP contribution in [0, 0.1) is 6.92 Å². The molecule has 0 heterocycles. The summed E-state index contributed by atoms with van der Waals surface area (Å²) in [5.74, 6) is -0.312. The quantitative estimate of drug-likeness (QED) is 0.789. The van der Waals surface area contributed by atoms with E-state index in [1.165, 1.54) is 0 Å². The van der Waals surface area contributed by atoms with Gasteiger partial charge in [0.05, 0.1) is 13.2 Å². The van der Waals surface area contributed by atoms with Crippen LogP contribution >= 0.6 is 0 Å². The van der Waals surface area contributed by atoms with E-state index in [-0.39, 0.29) is 12.6 Å². The van der Waals surface area contributed by atoms with E-state index in [9.17, 15) is 4.79 Å². The van der Waals surface area contributed by atoms with Crippen molar-refractivity contribution in [3.63, 3.8) is 0 Å². The normalized spacial score (nSPS) is 13.8. The second kappa shape index (κ2) is 6.40. The van der Waals surface area contributed by atoms with Gasteiger partial charge in [-0.2, -0.15) is 0 Å². The number of rotatable bonds is 6. The molecule has 0 radical (unpaired) electrons. The first-order chi connectivity index (χ1) is 8.51. The molecule has 1 aromatic rings. The van der Waals surface area contributed by atoms with Gasteiger partial charge in [0, 0.05) is 12.8 Å². The van der Waals surface area contributed by atoms with Crippen molar-refractivity contribution in [2.45, 2.75) is 26.3 Å². The van der Waals surface area contributed by atoms with Crippen LogP contribution in [-0.2, 0) is 14.3 Å². The first-order valence-electron chi connectivity index (χ1n) is 6.03. The Morgan fingerprint density at radius 1 is 1.44 bits per heavy atom. The number of aryl methyl sites for hydroxylation is 1. The van der Waals surface area contributed by atoms with Gasteiger partial charge in [-0.3, -0.25) is 0 Å². The van der Waals surface area contributed by atoms with Crippen molar-refractivity contribution >= 4 is 11.7 Å². The largest absolute Gasteiger partial charge is 0.464 e. The first kappa shape index (κ1) is 14.5. The standard InChI is InChI=1S/C14H21NO3/c1-5-18-13(16)14(3,10-17-4)15-12-8-6-7-11(2)9-12/h6-9,15H,5,10H2,1-4H3. The fraction of sp³-hybridized carbons (Fsp3) is 0.500. The van der Waals surface area contributed by atoms with Crippen LogP contribution in [-0.4, -0.2) is 31.8 Å². The van der Waals surface area contributed by atoms with Crippen LogP contribution in [0.3, 0.4) is 0 Å². The van der Waals surface area contributed by atoms with E-state index in [2.05, 4.69) is 5.32 Å². The van der Waals surface area contributed by atoms with Gasteiger partial charge < -0.3 is 14.8 Å². The van der Waals surface area contributed by atoms with Gasteiger partial charge in [-0.25, -0.2) is 4.79 Å². The van der Waals surface area contributed by atoms with Crippen molar-refractivity contribution in [1.82, 2.24) is 0 Å². The molecule has 0 saturated heterocycles. The smallest absolute Gasteiger partial charge is 0.333 e. The third kappa shape index (κ3) is 3.74. The summed E-state index contributed by atoms with van der Waals surface area (Å²) >= 11 is 0. The number of benzene rings is 1. The zero-order chi connectivity index (χ0) is 13.6. The van der Waals surface area contributed by atoms with Crippen molar-refractivity contribution in [2.24, 2.45) is 0 Å². The van der Waals surface area contributed by atoms with E-state index in [0.717, 1.165) is 11.3 Å². The molecule has 4 heteroatoms. The van der Waals surface area contributed by atoms with Gasteiger partial charge in [-0.15, -0.1) is 0 Å². The second-order valence-electron chi connectivity index (χ2n) is 4.48. The molecule has 100 valence electrons. The highest BCUT2D eigenvalue weighted by molar-refractivity contribution is 5.84. The lowest BCUT2D eigenvalue weighted by Gasteiger charge is -2.28. The zero-order valence-corrected chi connectivity index (χ0v) is 11.4.